The highest BCUT2D eigenvalue weighted by atomic mass is 16.2. The quantitative estimate of drug-likeness (QED) is 0.429. The molecule has 0 fully saturated rings. The minimum Gasteiger partial charge on any atom is -0.396 e. The highest BCUT2D eigenvalue weighted by Crippen LogP contribution is 1.94. The summed E-state index contributed by atoms with van der Waals surface area (Å²) >= 11 is 0. The van der Waals surface area contributed by atoms with E-state index in [9.17, 15) is 4.79 Å². The summed E-state index contributed by atoms with van der Waals surface area (Å²) in [7, 11) is 0. The predicted molar refractivity (Wildman–Crippen MR) is 31.5 cm³/mol. The standard InChI is InChI=1S/C6H10O2/c1-6(2-4-7)3-5-8/h2,4,8H,3,5H2,1H3/b6-2+. The van der Waals surface area contributed by atoms with Crippen LogP contribution in [0.4, 0.5) is 0 Å². The molecule has 0 spiro atoms. The summed E-state index contributed by atoms with van der Waals surface area (Å²) < 4.78 is 0. The van der Waals surface area contributed by atoms with Gasteiger partial charge in [-0.3, -0.25) is 4.79 Å². The zero-order chi connectivity index (χ0) is 6.41. The molecule has 0 rings (SSSR count). The van der Waals surface area contributed by atoms with E-state index in [0.29, 0.717) is 6.42 Å². The first-order chi connectivity index (χ1) is 3.81. The van der Waals surface area contributed by atoms with Crippen molar-refractivity contribution in [2.75, 3.05) is 6.61 Å². The van der Waals surface area contributed by atoms with Gasteiger partial charge in [0, 0.05) is 6.61 Å². The Balaban J connectivity index is 3.44. The molecule has 1 N–H and O–H groups in total. The summed E-state index contributed by atoms with van der Waals surface area (Å²) in [5.41, 5.74) is 0.919. The number of carbonyl (C=O) groups excluding carboxylic acids is 1. The summed E-state index contributed by atoms with van der Waals surface area (Å²) in [5.74, 6) is 0. The van der Waals surface area contributed by atoms with E-state index in [4.69, 9.17) is 5.11 Å². The fourth-order valence-corrected chi connectivity index (χ4v) is 0.376. The largest absolute Gasteiger partial charge is 0.396 e. The highest BCUT2D eigenvalue weighted by molar-refractivity contribution is 5.65. The van der Waals surface area contributed by atoms with E-state index in [1.54, 1.807) is 0 Å². The Hall–Kier alpha value is -0.630. The maximum Gasteiger partial charge on any atom is 0.142 e. The van der Waals surface area contributed by atoms with Crippen LogP contribution in [0.25, 0.3) is 0 Å². The third kappa shape index (κ3) is 3.56. The smallest absolute Gasteiger partial charge is 0.142 e. The molecule has 0 atom stereocenters. The first kappa shape index (κ1) is 7.37. The van der Waals surface area contributed by atoms with Crippen molar-refractivity contribution in [3.63, 3.8) is 0 Å². The molecule has 0 aromatic rings. The number of allylic oxidation sites excluding steroid dienone is 1. The van der Waals surface area contributed by atoms with Crippen LogP contribution in [0.15, 0.2) is 11.6 Å². The fourth-order valence-electron chi connectivity index (χ4n) is 0.376. The normalized spacial score (nSPS) is 11.5. The molecule has 8 heavy (non-hydrogen) atoms. The number of rotatable bonds is 3. The van der Waals surface area contributed by atoms with Gasteiger partial charge in [-0.2, -0.15) is 0 Å². The topological polar surface area (TPSA) is 37.3 Å². The van der Waals surface area contributed by atoms with Crippen LogP contribution < -0.4 is 0 Å². The molecule has 0 aliphatic rings. The predicted octanol–water partition coefficient (Wildman–Crippen LogP) is 0.514. The monoisotopic (exact) mass is 114 g/mol. The summed E-state index contributed by atoms with van der Waals surface area (Å²) in [6.45, 7) is 1.93. The van der Waals surface area contributed by atoms with E-state index in [0.717, 1.165) is 11.9 Å². The van der Waals surface area contributed by atoms with Crippen molar-refractivity contribution in [1.82, 2.24) is 0 Å². The van der Waals surface area contributed by atoms with Gasteiger partial charge in [0.25, 0.3) is 0 Å². The lowest BCUT2D eigenvalue weighted by molar-refractivity contribution is -0.104. The fraction of sp³-hybridized carbons (Fsp3) is 0.500. The maximum absolute atomic E-state index is 9.73. The van der Waals surface area contributed by atoms with E-state index >= 15 is 0 Å². The molecule has 0 aliphatic heterocycles. The van der Waals surface area contributed by atoms with E-state index in [-0.39, 0.29) is 6.61 Å². The van der Waals surface area contributed by atoms with Gasteiger partial charge in [0.1, 0.15) is 6.29 Å². The van der Waals surface area contributed by atoms with E-state index < -0.39 is 0 Å². The minimum absolute atomic E-state index is 0.121. The number of hydrogen-bond donors (Lipinski definition) is 1. The van der Waals surface area contributed by atoms with Crippen LogP contribution in [-0.4, -0.2) is 18.0 Å². The van der Waals surface area contributed by atoms with Crippen LogP contribution in [0.2, 0.25) is 0 Å². The van der Waals surface area contributed by atoms with Crippen molar-refractivity contribution >= 4 is 6.29 Å². The van der Waals surface area contributed by atoms with Crippen LogP contribution in [0.5, 0.6) is 0 Å². The average Bonchev–Trinajstić information content (AvgIpc) is 1.68. The van der Waals surface area contributed by atoms with Crippen molar-refractivity contribution < 1.29 is 9.90 Å². The molecule has 0 saturated carbocycles. The molecule has 46 valence electrons. The zero-order valence-corrected chi connectivity index (χ0v) is 4.92. The minimum atomic E-state index is 0.121. The zero-order valence-electron chi connectivity index (χ0n) is 4.92. The van der Waals surface area contributed by atoms with Gasteiger partial charge >= 0.3 is 0 Å². The lowest BCUT2D eigenvalue weighted by Gasteiger charge is -1.90. The Bertz CT molecular complexity index is 94.7. The molecule has 0 aromatic heterocycles. The van der Waals surface area contributed by atoms with Crippen LogP contribution >= 0.6 is 0 Å². The second-order valence-corrected chi connectivity index (χ2v) is 1.62. The average molecular weight is 114 g/mol. The number of hydrogen-bond acceptors (Lipinski definition) is 2. The lowest BCUT2D eigenvalue weighted by atomic mass is 10.2. The molecule has 0 aromatic carbocycles. The lowest BCUT2D eigenvalue weighted by Crippen LogP contribution is -1.83. The molecule has 0 unspecified atom stereocenters. The number of aliphatic hydroxyl groups is 1. The molecule has 0 radical (unpaired) electrons. The van der Waals surface area contributed by atoms with Crippen molar-refractivity contribution in [2.45, 2.75) is 13.3 Å². The van der Waals surface area contributed by atoms with Gasteiger partial charge in [0.05, 0.1) is 0 Å². The van der Waals surface area contributed by atoms with E-state index in [1.807, 2.05) is 6.92 Å². The van der Waals surface area contributed by atoms with Gasteiger partial charge in [0.2, 0.25) is 0 Å². The van der Waals surface area contributed by atoms with Crippen LogP contribution in [-0.2, 0) is 4.79 Å². The maximum atomic E-state index is 9.73. The molecule has 0 aliphatic carbocycles. The number of aldehydes is 1. The molecule has 0 heterocycles. The Morgan fingerprint density at radius 3 is 2.75 bits per heavy atom. The Kier molecular flexibility index (Phi) is 4.17. The van der Waals surface area contributed by atoms with Crippen molar-refractivity contribution in [3.8, 4) is 0 Å². The summed E-state index contributed by atoms with van der Waals surface area (Å²) in [4.78, 5) is 9.73. The van der Waals surface area contributed by atoms with Gasteiger partial charge in [0.15, 0.2) is 0 Å². The van der Waals surface area contributed by atoms with E-state index in [2.05, 4.69) is 0 Å². The third-order valence-electron chi connectivity index (χ3n) is 0.859. The molecule has 0 bridgehead atoms. The Morgan fingerprint density at radius 2 is 2.38 bits per heavy atom. The highest BCUT2D eigenvalue weighted by Gasteiger charge is 1.83. The summed E-state index contributed by atoms with van der Waals surface area (Å²) in [5, 5.41) is 8.31. The second-order valence-electron chi connectivity index (χ2n) is 1.62. The molecular formula is C6H10O2. The Morgan fingerprint density at radius 1 is 1.75 bits per heavy atom. The van der Waals surface area contributed by atoms with Gasteiger partial charge in [-0.25, -0.2) is 0 Å². The van der Waals surface area contributed by atoms with E-state index in [1.165, 1.54) is 6.08 Å². The molecule has 0 saturated heterocycles. The molecule has 0 amide bonds. The van der Waals surface area contributed by atoms with Crippen LogP contribution in [0.3, 0.4) is 0 Å². The van der Waals surface area contributed by atoms with Gasteiger partial charge < -0.3 is 5.11 Å². The second kappa shape index (κ2) is 4.53. The van der Waals surface area contributed by atoms with Crippen molar-refractivity contribution in [1.29, 1.82) is 0 Å². The molecular weight excluding hydrogens is 104 g/mol. The molecule has 2 nitrogen and oxygen atoms in total. The Labute approximate surface area is 48.8 Å². The first-order valence-corrected chi connectivity index (χ1v) is 2.53. The summed E-state index contributed by atoms with van der Waals surface area (Å²) in [6, 6.07) is 0. The summed E-state index contributed by atoms with van der Waals surface area (Å²) in [6.07, 6.45) is 2.78. The van der Waals surface area contributed by atoms with Crippen LogP contribution in [0.1, 0.15) is 13.3 Å². The van der Waals surface area contributed by atoms with Gasteiger partial charge in [-0.15, -0.1) is 0 Å². The van der Waals surface area contributed by atoms with Crippen LogP contribution in [0, 0.1) is 0 Å². The first-order valence-electron chi connectivity index (χ1n) is 2.53. The number of aliphatic hydroxyl groups excluding tert-OH is 1. The van der Waals surface area contributed by atoms with Crippen molar-refractivity contribution in [3.05, 3.63) is 11.6 Å². The van der Waals surface area contributed by atoms with Gasteiger partial charge in [-0.1, -0.05) is 5.57 Å². The number of carbonyl (C=O) groups is 1. The third-order valence-corrected chi connectivity index (χ3v) is 0.859. The SMILES string of the molecule is C/C(=C\C=O)CCO. The van der Waals surface area contributed by atoms with Gasteiger partial charge in [-0.05, 0) is 19.4 Å². The van der Waals surface area contributed by atoms with Crippen molar-refractivity contribution in [2.24, 2.45) is 0 Å². The molecule has 2 heteroatoms.